The quantitative estimate of drug-likeness (QED) is 0.772. The largest absolute Gasteiger partial charge is 0.471 e. The maximum atomic E-state index is 12.2. The highest BCUT2D eigenvalue weighted by Gasteiger charge is 2.45. The number of halogens is 3. The summed E-state index contributed by atoms with van der Waals surface area (Å²) < 4.78 is 36.7. The number of hydrogen-bond donors (Lipinski definition) is 1. The molecule has 1 heterocycles. The summed E-state index contributed by atoms with van der Waals surface area (Å²) in [5.41, 5.74) is 0. The van der Waals surface area contributed by atoms with Crippen molar-refractivity contribution in [2.24, 2.45) is 0 Å². The summed E-state index contributed by atoms with van der Waals surface area (Å²) in [5.74, 6) is -2.04. The Labute approximate surface area is 103 Å². The molecule has 0 aromatic rings. The maximum absolute atomic E-state index is 12.2. The summed E-state index contributed by atoms with van der Waals surface area (Å²) in [7, 11) is 3.14. The van der Waals surface area contributed by atoms with Gasteiger partial charge in [-0.15, -0.1) is 0 Å². The number of nitrogens with one attached hydrogen (secondary N) is 1. The molecule has 1 aliphatic heterocycles. The van der Waals surface area contributed by atoms with E-state index in [1.807, 2.05) is 0 Å². The summed E-state index contributed by atoms with van der Waals surface area (Å²) >= 11 is 0. The molecule has 1 saturated heterocycles. The average Bonchev–Trinajstić information content (AvgIpc) is 2.75. The molecule has 0 bridgehead atoms. The van der Waals surface area contributed by atoms with Crippen LogP contribution in [0.4, 0.5) is 13.2 Å². The summed E-state index contributed by atoms with van der Waals surface area (Å²) in [5, 5.41) is 2.68. The molecular formula is C10H16F3N3O2. The lowest BCUT2D eigenvalue weighted by Gasteiger charge is -2.25. The Morgan fingerprint density at radius 3 is 2.56 bits per heavy atom. The third kappa shape index (κ3) is 3.34. The molecule has 0 aromatic carbocycles. The van der Waals surface area contributed by atoms with E-state index in [1.54, 1.807) is 7.05 Å². The molecule has 1 aliphatic rings. The molecule has 8 heteroatoms. The van der Waals surface area contributed by atoms with E-state index < -0.39 is 12.1 Å². The maximum Gasteiger partial charge on any atom is 0.471 e. The predicted octanol–water partition coefficient (Wildman–Crippen LogP) is -0.173. The van der Waals surface area contributed by atoms with Crippen LogP contribution in [0.2, 0.25) is 0 Å². The molecular weight excluding hydrogens is 251 g/mol. The van der Waals surface area contributed by atoms with Crippen molar-refractivity contribution in [3.63, 3.8) is 0 Å². The second kappa shape index (κ2) is 5.55. The number of amides is 2. The van der Waals surface area contributed by atoms with Crippen LogP contribution in [0.1, 0.15) is 6.42 Å². The molecule has 2 amide bonds. The number of alkyl halides is 3. The second-order valence-corrected chi connectivity index (χ2v) is 4.23. The van der Waals surface area contributed by atoms with Crippen LogP contribution >= 0.6 is 0 Å². The number of carbonyl (C=O) groups is 2. The Hall–Kier alpha value is -1.31. The lowest BCUT2D eigenvalue weighted by molar-refractivity contribution is -0.184. The molecule has 1 unspecified atom stereocenters. The molecule has 104 valence electrons. The highest BCUT2D eigenvalue weighted by Crippen LogP contribution is 2.23. The van der Waals surface area contributed by atoms with Crippen LogP contribution < -0.4 is 5.32 Å². The van der Waals surface area contributed by atoms with Gasteiger partial charge < -0.3 is 15.1 Å². The molecule has 1 fully saturated rings. The summed E-state index contributed by atoms with van der Waals surface area (Å²) in [6.07, 6.45) is -4.48. The van der Waals surface area contributed by atoms with Gasteiger partial charge in [-0.3, -0.25) is 9.59 Å². The molecule has 1 rings (SSSR count). The van der Waals surface area contributed by atoms with Gasteiger partial charge in [0, 0.05) is 20.1 Å². The SMILES string of the molecule is CNCC(=O)N(C)C1CCN(C(=O)C(F)(F)F)C1. The molecule has 1 N–H and O–H groups in total. The third-order valence-corrected chi connectivity index (χ3v) is 2.96. The smallest absolute Gasteiger partial charge is 0.340 e. The first kappa shape index (κ1) is 14.7. The normalized spacial score (nSPS) is 20.1. The molecule has 0 radical (unpaired) electrons. The van der Waals surface area contributed by atoms with Crippen molar-refractivity contribution >= 4 is 11.8 Å². The van der Waals surface area contributed by atoms with Crippen molar-refractivity contribution in [1.82, 2.24) is 15.1 Å². The minimum atomic E-state index is -4.84. The van der Waals surface area contributed by atoms with Crippen molar-refractivity contribution < 1.29 is 22.8 Å². The van der Waals surface area contributed by atoms with Crippen LogP contribution in [-0.4, -0.2) is 67.6 Å². The van der Waals surface area contributed by atoms with Gasteiger partial charge in [0.05, 0.1) is 12.6 Å². The monoisotopic (exact) mass is 267 g/mol. The molecule has 0 aliphatic carbocycles. The minimum absolute atomic E-state index is 0.0280. The zero-order chi connectivity index (χ0) is 13.9. The molecule has 0 spiro atoms. The highest BCUT2D eigenvalue weighted by molar-refractivity contribution is 5.82. The second-order valence-electron chi connectivity index (χ2n) is 4.23. The summed E-state index contributed by atoms with van der Waals surface area (Å²) in [4.78, 5) is 24.7. The van der Waals surface area contributed by atoms with E-state index in [2.05, 4.69) is 5.32 Å². The molecule has 5 nitrogen and oxygen atoms in total. The summed E-state index contributed by atoms with van der Waals surface area (Å²) in [6.45, 7) is 0.0880. The zero-order valence-corrected chi connectivity index (χ0v) is 10.3. The van der Waals surface area contributed by atoms with Gasteiger partial charge in [-0.1, -0.05) is 0 Å². The molecule has 0 aromatic heterocycles. The standard InChI is InChI=1S/C10H16F3N3O2/c1-14-5-8(17)15(2)7-3-4-16(6-7)9(18)10(11,12)13/h7,14H,3-6H2,1-2H3. The number of nitrogens with zero attached hydrogens (tertiary/aromatic N) is 2. The first-order chi connectivity index (χ1) is 8.27. The molecule has 18 heavy (non-hydrogen) atoms. The Balaban J connectivity index is 2.56. The van der Waals surface area contributed by atoms with Gasteiger partial charge in [0.25, 0.3) is 0 Å². The van der Waals surface area contributed by atoms with Gasteiger partial charge >= 0.3 is 12.1 Å². The average molecular weight is 267 g/mol. The van der Waals surface area contributed by atoms with Crippen molar-refractivity contribution in [3.05, 3.63) is 0 Å². The van der Waals surface area contributed by atoms with Gasteiger partial charge in [0.15, 0.2) is 0 Å². The van der Waals surface area contributed by atoms with Gasteiger partial charge in [-0.05, 0) is 13.5 Å². The third-order valence-electron chi connectivity index (χ3n) is 2.96. The van der Waals surface area contributed by atoms with Gasteiger partial charge in [-0.25, -0.2) is 0 Å². The van der Waals surface area contributed by atoms with E-state index in [0.29, 0.717) is 6.42 Å². The van der Waals surface area contributed by atoms with Crippen LogP contribution in [0.3, 0.4) is 0 Å². The number of likely N-dealkylation sites (tertiary alicyclic amines) is 1. The van der Waals surface area contributed by atoms with E-state index in [0.717, 1.165) is 4.90 Å². The molecule has 0 saturated carbocycles. The van der Waals surface area contributed by atoms with Crippen molar-refractivity contribution in [1.29, 1.82) is 0 Å². The first-order valence-electron chi connectivity index (χ1n) is 5.53. The Morgan fingerprint density at radius 2 is 2.06 bits per heavy atom. The Morgan fingerprint density at radius 1 is 1.44 bits per heavy atom. The van der Waals surface area contributed by atoms with E-state index in [1.165, 1.54) is 11.9 Å². The lowest BCUT2D eigenvalue weighted by Crippen LogP contribution is -2.45. The predicted molar refractivity (Wildman–Crippen MR) is 57.7 cm³/mol. The van der Waals surface area contributed by atoms with Gasteiger partial charge in [0.1, 0.15) is 0 Å². The van der Waals surface area contributed by atoms with Crippen molar-refractivity contribution in [2.75, 3.05) is 33.7 Å². The number of hydrogen-bond acceptors (Lipinski definition) is 3. The van der Waals surface area contributed by atoms with Crippen LogP contribution in [-0.2, 0) is 9.59 Å². The van der Waals surface area contributed by atoms with Crippen LogP contribution in [0.15, 0.2) is 0 Å². The topological polar surface area (TPSA) is 52.7 Å². The van der Waals surface area contributed by atoms with Crippen molar-refractivity contribution in [2.45, 2.75) is 18.6 Å². The Kier molecular flexibility index (Phi) is 4.55. The lowest BCUT2D eigenvalue weighted by atomic mass is 10.2. The van der Waals surface area contributed by atoms with Gasteiger partial charge in [0.2, 0.25) is 5.91 Å². The van der Waals surface area contributed by atoms with Crippen LogP contribution in [0, 0.1) is 0 Å². The number of rotatable bonds is 3. The minimum Gasteiger partial charge on any atom is -0.340 e. The Bertz CT molecular complexity index is 333. The van der Waals surface area contributed by atoms with Crippen LogP contribution in [0.25, 0.3) is 0 Å². The number of carbonyl (C=O) groups excluding carboxylic acids is 2. The van der Waals surface area contributed by atoms with E-state index in [-0.39, 0.29) is 31.6 Å². The van der Waals surface area contributed by atoms with Crippen molar-refractivity contribution in [3.8, 4) is 0 Å². The molecule has 1 atom stereocenters. The van der Waals surface area contributed by atoms with Gasteiger partial charge in [-0.2, -0.15) is 13.2 Å². The fourth-order valence-corrected chi connectivity index (χ4v) is 1.90. The fourth-order valence-electron chi connectivity index (χ4n) is 1.90. The number of likely N-dealkylation sites (N-methyl/N-ethyl adjacent to an activating group) is 2. The zero-order valence-electron chi connectivity index (χ0n) is 10.3. The van der Waals surface area contributed by atoms with E-state index in [4.69, 9.17) is 0 Å². The first-order valence-corrected chi connectivity index (χ1v) is 5.53. The highest BCUT2D eigenvalue weighted by atomic mass is 19.4. The fraction of sp³-hybridized carbons (Fsp3) is 0.800. The summed E-state index contributed by atoms with van der Waals surface area (Å²) in [6, 6.07) is -0.350. The van der Waals surface area contributed by atoms with E-state index >= 15 is 0 Å². The van der Waals surface area contributed by atoms with E-state index in [9.17, 15) is 22.8 Å². The van der Waals surface area contributed by atoms with Crippen LogP contribution in [0.5, 0.6) is 0 Å².